The van der Waals surface area contributed by atoms with Crippen molar-refractivity contribution in [2.24, 2.45) is 5.92 Å². The summed E-state index contributed by atoms with van der Waals surface area (Å²) in [7, 11) is -2.34. The predicted octanol–water partition coefficient (Wildman–Crippen LogP) is 3.05. The topological polar surface area (TPSA) is 99.2 Å². The van der Waals surface area contributed by atoms with Crippen LogP contribution in [0.25, 0.3) is 0 Å². The number of nitrogens with zero attached hydrogens (tertiary/aromatic N) is 2. The lowest BCUT2D eigenvalue weighted by Crippen LogP contribution is -2.51. The molecule has 3 rings (SSSR count). The molecule has 8 nitrogen and oxygen atoms in total. The van der Waals surface area contributed by atoms with Gasteiger partial charge in [0.05, 0.1) is 13.2 Å². The molecule has 0 fully saturated rings. The maximum atomic E-state index is 13.6. The molecule has 0 unspecified atom stereocenters. The lowest BCUT2D eigenvalue weighted by molar-refractivity contribution is 0.0812. The van der Waals surface area contributed by atoms with E-state index in [9.17, 15) is 22.7 Å². The summed E-state index contributed by atoms with van der Waals surface area (Å²) in [5, 5.41) is 12.6. The Morgan fingerprint density at radius 1 is 1.27 bits per heavy atom. The van der Waals surface area contributed by atoms with Crippen molar-refractivity contribution >= 4 is 16.1 Å². The average Bonchev–Trinajstić information content (AvgIpc) is 2.87. The summed E-state index contributed by atoms with van der Waals surface area (Å²) >= 11 is 0. The number of likely N-dealkylation sites (N-methyl/N-ethyl adjacent to an activating group) is 1. The number of amides is 2. The zero-order valence-corrected chi connectivity index (χ0v) is 22.4. The van der Waals surface area contributed by atoms with Crippen LogP contribution in [0.3, 0.4) is 0 Å². The number of aliphatic hydroxyl groups is 1. The van der Waals surface area contributed by atoms with E-state index < -0.39 is 28.0 Å². The second-order valence-corrected chi connectivity index (χ2v) is 11.1. The molecule has 1 aliphatic rings. The summed E-state index contributed by atoms with van der Waals surface area (Å²) in [4.78, 5) is 13.9. The molecule has 0 spiro atoms. The number of ether oxygens (including phenoxy) is 1. The van der Waals surface area contributed by atoms with Gasteiger partial charge in [0.1, 0.15) is 22.6 Å². The van der Waals surface area contributed by atoms with Crippen LogP contribution >= 0.6 is 0 Å². The standard InChI is InChI=1S/C27H34FN3O5S/c1-5-13-29-27(33)30(4)17-25-19(2)16-31(20(3)18-32)37(34,35)26-12-11-22(15-24(26)36-25)10-9-21-7-6-8-23(28)14-21/h6-8,11-12,14-15,19-20,25,32H,5,13,16-18H2,1-4H3,(H,29,33)/t19-,20+,25-/m1/s1. The van der Waals surface area contributed by atoms with Gasteiger partial charge in [-0.2, -0.15) is 4.31 Å². The van der Waals surface area contributed by atoms with Crippen LogP contribution in [0.15, 0.2) is 47.4 Å². The largest absolute Gasteiger partial charge is 0.487 e. The lowest BCUT2D eigenvalue weighted by atomic mass is 10.0. The molecule has 10 heteroatoms. The molecule has 0 saturated carbocycles. The van der Waals surface area contributed by atoms with Crippen LogP contribution in [0, 0.1) is 23.6 Å². The maximum absolute atomic E-state index is 13.6. The number of aliphatic hydroxyl groups excluding tert-OH is 1. The zero-order valence-electron chi connectivity index (χ0n) is 21.6. The fourth-order valence-electron chi connectivity index (χ4n) is 3.95. The van der Waals surface area contributed by atoms with Crippen molar-refractivity contribution in [3.8, 4) is 17.6 Å². The highest BCUT2D eigenvalue weighted by molar-refractivity contribution is 7.89. The van der Waals surface area contributed by atoms with Gasteiger partial charge >= 0.3 is 6.03 Å². The molecule has 0 aliphatic carbocycles. The molecule has 1 heterocycles. The SMILES string of the molecule is CCCNC(=O)N(C)C[C@H]1Oc2cc(C#Cc3cccc(F)c3)ccc2S(=O)(=O)N([C@@H](C)CO)C[C@H]1C. The van der Waals surface area contributed by atoms with Crippen LogP contribution in [-0.4, -0.2) is 74.2 Å². The molecule has 2 N–H and O–H groups in total. The van der Waals surface area contributed by atoms with Crippen LogP contribution in [0.1, 0.15) is 38.3 Å². The molecule has 0 bridgehead atoms. The summed E-state index contributed by atoms with van der Waals surface area (Å²) < 4.78 is 48.2. The van der Waals surface area contributed by atoms with Gasteiger partial charge in [-0.25, -0.2) is 17.6 Å². The fraction of sp³-hybridized carbons (Fsp3) is 0.444. The number of urea groups is 1. The zero-order chi connectivity index (χ0) is 27.2. The molecule has 37 heavy (non-hydrogen) atoms. The smallest absolute Gasteiger partial charge is 0.317 e. The molecule has 0 aromatic heterocycles. The van der Waals surface area contributed by atoms with Gasteiger partial charge in [0.2, 0.25) is 10.0 Å². The Morgan fingerprint density at radius 2 is 1.97 bits per heavy atom. The van der Waals surface area contributed by atoms with Gasteiger partial charge < -0.3 is 20.1 Å². The summed E-state index contributed by atoms with van der Waals surface area (Å²) in [6, 6.07) is 9.52. The predicted molar refractivity (Wildman–Crippen MR) is 139 cm³/mol. The highest BCUT2D eigenvalue weighted by Crippen LogP contribution is 2.34. The first-order chi connectivity index (χ1) is 17.6. The quantitative estimate of drug-likeness (QED) is 0.559. The van der Waals surface area contributed by atoms with E-state index in [1.807, 2.05) is 13.8 Å². The third kappa shape index (κ3) is 7.01. The van der Waals surface area contributed by atoms with Gasteiger partial charge in [0, 0.05) is 43.2 Å². The van der Waals surface area contributed by atoms with Crippen LogP contribution in [0.2, 0.25) is 0 Å². The Morgan fingerprint density at radius 3 is 2.62 bits per heavy atom. The summed E-state index contributed by atoms with van der Waals surface area (Å²) in [6.07, 6.45) is 0.264. The minimum absolute atomic E-state index is 0.0425. The minimum atomic E-state index is -4.00. The molecule has 2 aromatic rings. The number of fused-ring (bicyclic) bond motifs is 1. The third-order valence-electron chi connectivity index (χ3n) is 6.17. The third-order valence-corrected chi connectivity index (χ3v) is 8.19. The Hall–Kier alpha value is -3.13. The van der Waals surface area contributed by atoms with Crippen molar-refractivity contribution < 1.29 is 27.4 Å². The summed E-state index contributed by atoms with van der Waals surface area (Å²) in [5.41, 5.74) is 0.968. The monoisotopic (exact) mass is 531 g/mol. The molecule has 1 aliphatic heterocycles. The number of halogens is 1. The second-order valence-electron chi connectivity index (χ2n) is 9.27. The fourth-order valence-corrected chi connectivity index (χ4v) is 5.78. The first-order valence-corrected chi connectivity index (χ1v) is 13.7. The van der Waals surface area contributed by atoms with Crippen LogP contribution in [0.5, 0.6) is 5.75 Å². The number of sulfonamides is 1. The number of carbonyl (C=O) groups excluding carboxylic acids is 1. The second kappa shape index (κ2) is 12.4. The van der Waals surface area contributed by atoms with Gasteiger partial charge in [-0.3, -0.25) is 0 Å². The Bertz CT molecular complexity index is 1270. The van der Waals surface area contributed by atoms with E-state index in [-0.39, 0.29) is 42.3 Å². The van der Waals surface area contributed by atoms with E-state index >= 15 is 0 Å². The number of benzene rings is 2. The summed E-state index contributed by atoms with van der Waals surface area (Å²) in [5.74, 6) is 5.22. The highest BCUT2D eigenvalue weighted by Gasteiger charge is 2.38. The number of hydrogen-bond acceptors (Lipinski definition) is 5. The van der Waals surface area contributed by atoms with Crippen molar-refractivity contribution in [1.82, 2.24) is 14.5 Å². The van der Waals surface area contributed by atoms with E-state index in [0.29, 0.717) is 17.7 Å². The van der Waals surface area contributed by atoms with Crippen molar-refractivity contribution in [2.45, 2.75) is 44.2 Å². The van der Waals surface area contributed by atoms with E-state index in [1.54, 1.807) is 38.2 Å². The van der Waals surface area contributed by atoms with E-state index in [0.717, 1.165) is 6.42 Å². The van der Waals surface area contributed by atoms with Gasteiger partial charge in [-0.1, -0.05) is 31.8 Å². The minimum Gasteiger partial charge on any atom is -0.487 e. The van der Waals surface area contributed by atoms with Gasteiger partial charge in [-0.15, -0.1) is 0 Å². The van der Waals surface area contributed by atoms with E-state index in [4.69, 9.17) is 4.74 Å². The average molecular weight is 532 g/mol. The first-order valence-electron chi connectivity index (χ1n) is 12.3. The van der Waals surface area contributed by atoms with Crippen LogP contribution < -0.4 is 10.1 Å². The Kier molecular flexibility index (Phi) is 9.54. The van der Waals surface area contributed by atoms with Crippen molar-refractivity contribution in [2.75, 3.05) is 33.3 Å². The van der Waals surface area contributed by atoms with Crippen molar-refractivity contribution in [3.05, 3.63) is 59.4 Å². The molecular weight excluding hydrogens is 497 g/mol. The molecule has 0 radical (unpaired) electrons. The van der Waals surface area contributed by atoms with Crippen LogP contribution in [0.4, 0.5) is 9.18 Å². The Balaban J connectivity index is 2.02. The number of hydrogen-bond donors (Lipinski definition) is 2. The molecule has 2 aromatic carbocycles. The maximum Gasteiger partial charge on any atom is 0.317 e. The number of rotatable bonds is 6. The summed E-state index contributed by atoms with van der Waals surface area (Å²) in [6.45, 7) is 5.99. The molecule has 2 amide bonds. The Labute approximate surface area is 218 Å². The molecular formula is C27H34FN3O5S. The molecule has 3 atom stereocenters. The van der Waals surface area contributed by atoms with Crippen LogP contribution in [-0.2, 0) is 10.0 Å². The van der Waals surface area contributed by atoms with E-state index in [2.05, 4.69) is 17.2 Å². The first kappa shape index (κ1) is 28.4. The van der Waals surface area contributed by atoms with Gasteiger partial charge in [-0.05, 0) is 49.7 Å². The van der Waals surface area contributed by atoms with Gasteiger partial charge in [0.25, 0.3) is 0 Å². The molecule has 0 saturated heterocycles. The molecule has 200 valence electrons. The van der Waals surface area contributed by atoms with E-state index in [1.165, 1.54) is 27.4 Å². The number of nitrogens with one attached hydrogen (secondary N) is 1. The lowest BCUT2D eigenvalue weighted by Gasteiger charge is -2.37. The normalized spacial score (nSPS) is 19.7. The van der Waals surface area contributed by atoms with Gasteiger partial charge in [0.15, 0.2) is 0 Å². The number of carbonyl (C=O) groups is 1. The van der Waals surface area contributed by atoms with Crippen molar-refractivity contribution in [3.63, 3.8) is 0 Å². The van der Waals surface area contributed by atoms with Crippen molar-refractivity contribution in [1.29, 1.82) is 0 Å². The highest BCUT2D eigenvalue weighted by atomic mass is 32.2.